The van der Waals surface area contributed by atoms with Gasteiger partial charge in [0.1, 0.15) is 0 Å². The van der Waals surface area contributed by atoms with Gasteiger partial charge in [-0.1, -0.05) is 11.2 Å². The molecule has 1 fully saturated rings. The Kier molecular flexibility index (Phi) is 4.96. The first-order chi connectivity index (χ1) is 9.18. The van der Waals surface area contributed by atoms with Crippen LogP contribution in [0.1, 0.15) is 38.0 Å². The summed E-state index contributed by atoms with van der Waals surface area (Å²) in [5.41, 5.74) is 0. The quantitative estimate of drug-likeness (QED) is 0.628. The highest BCUT2D eigenvalue weighted by atomic mass is 32.1. The molecule has 2 unspecified atom stereocenters. The fourth-order valence-electron chi connectivity index (χ4n) is 2.53. The molecule has 4 nitrogen and oxygen atoms in total. The van der Waals surface area contributed by atoms with Gasteiger partial charge in [0.15, 0.2) is 6.61 Å². The Bertz CT molecular complexity index is 421. The maximum absolute atomic E-state index is 12.1. The highest BCUT2D eigenvalue weighted by molar-refractivity contribution is 7.11. The van der Waals surface area contributed by atoms with Crippen molar-refractivity contribution in [2.24, 2.45) is 5.16 Å². The SMILES string of the molecule is CC1CCCC(C)N1C(=O)CO/N=C/c1cccs1. The highest BCUT2D eigenvalue weighted by Gasteiger charge is 2.28. The number of nitrogens with zero attached hydrogens (tertiary/aromatic N) is 2. The fourth-order valence-corrected chi connectivity index (χ4v) is 3.11. The molecular formula is C14H20N2O2S. The monoisotopic (exact) mass is 280 g/mol. The molecule has 104 valence electrons. The van der Waals surface area contributed by atoms with Crippen molar-refractivity contribution in [3.63, 3.8) is 0 Å². The van der Waals surface area contributed by atoms with Gasteiger partial charge in [-0.25, -0.2) is 0 Å². The van der Waals surface area contributed by atoms with Crippen LogP contribution in [0, 0.1) is 0 Å². The lowest BCUT2D eigenvalue weighted by Crippen LogP contribution is -2.48. The fraction of sp³-hybridized carbons (Fsp3) is 0.571. The summed E-state index contributed by atoms with van der Waals surface area (Å²) in [4.78, 5) is 20.2. The van der Waals surface area contributed by atoms with E-state index >= 15 is 0 Å². The van der Waals surface area contributed by atoms with Gasteiger partial charge in [-0.15, -0.1) is 11.3 Å². The van der Waals surface area contributed by atoms with Gasteiger partial charge >= 0.3 is 0 Å². The minimum Gasteiger partial charge on any atom is -0.386 e. The van der Waals surface area contributed by atoms with Crippen LogP contribution in [0.5, 0.6) is 0 Å². The zero-order chi connectivity index (χ0) is 13.7. The number of amides is 1. The van der Waals surface area contributed by atoms with Gasteiger partial charge in [0.2, 0.25) is 0 Å². The average Bonchev–Trinajstić information content (AvgIpc) is 2.87. The molecule has 1 aromatic rings. The summed E-state index contributed by atoms with van der Waals surface area (Å²) in [5.74, 6) is 0.0306. The molecule has 0 bridgehead atoms. The van der Waals surface area contributed by atoms with E-state index in [0.717, 1.165) is 17.7 Å². The summed E-state index contributed by atoms with van der Waals surface area (Å²) in [7, 11) is 0. The summed E-state index contributed by atoms with van der Waals surface area (Å²) < 4.78 is 0. The molecule has 1 saturated heterocycles. The molecule has 2 heterocycles. The Morgan fingerprint density at radius 3 is 2.89 bits per heavy atom. The number of rotatable bonds is 4. The number of carbonyl (C=O) groups excluding carboxylic acids is 1. The number of oxime groups is 1. The third kappa shape index (κ3) is 3.80. The largest absolute Gasteiger partial charge is 0.386 e. The predicted octanol–water partition coefficient (Wildman–Crippen LogP) is 2.89. The van der Waals surface area contributed by atoms with E-state index in [9.17, 15) is 4.79 Å². The van der Waals surface area contributed by atoms with Crippen molar-refractivity contribution in [2.75, 3.05) is 6.61 Å². The van der Waals surface area contributed by atoms with Gasteiger partial charge in [-0.2, -0.15) is 0 Å². The topological polar surface area (TPSA) is 41.9 Å². The van der Waals surface area contributed by atoms with Crippen LogP contribution in [0.3, 0.4) is 0 Å². The molecule has 1 aliphatic rings. The lowest BCUT2D eigenvalue weighted by Gasteiger charge is -2.38. The Hall–Kier alpha value is -1.36. The van der Waals surface area contributed by atoms with E-state index < -0.39 is 0 Å². The standard InChI is InChI=1S/C14H20N2O2S/c1-11-5-3-6-12(2)16(11)14(17)10-18-15-9-13-7-4-8-19-13/h4,7-9,11-12H,3,5-6,10H2,1-2H3/b15-9+. The number of hydrogen-bond donors (Lipinski definition) is 0. The third-order valence-corrected chi connectivity index (χ3v) is 4.27. The second-order valence-corrected chi connectivity index (χ2v) is 5.93. The molecule has 0 saturated carbocycles. The summed E-state index contributed by atoms with van der Waals surface area (Å²) in [5, 5.41) is 5.81. The number of hydrogen-bond acceptors (Lipinski definition) is 4. The van der Waals surface area contributed by atoms with Gasteiger partial charge in [-0.05, 0) is 44.6 Å². The number of thiophene rings is 1. The number of likely N-dealkylation sites (tertiary alicyclic amines) is 1. The average molecular weight is 280 g/mol. The molecule has 1 aliphatic heterocycles. The van der Waals surface area contributed by atoms with Crippen LogP contribution in [-0.4, -0.2) is 35.7 Å². The molecule has 2 atom stereocenters. The molecule has 5 heteroatoms. The zero-order valence-electron chi connectivity index (χ0n) is 11.4. The van der Waals surface area contributed by atoms with E-state index in [-0.39, 0.29) is 12.5 Å². The molecule has 0 radical (unpaired) electrons. The molecule has 1 amide bonds. The Balaban J connectivity index is 1.80. The minimum atomic E-state index is 0.0244. The first-order valence-electron chi connectivity index (χ1n) is 6.68. The highest BCUT2D eigenvalue weighted by Crippen LogP contribution is 2.22. The summed E-state index contributed by atoms with van der Waals surface area (Å²) >= 11 is 1.59. The van der Waals surface area contributed by atoms with E-state index in [1.165, 1.54) is 6.42 Å². The van der Waals surface area contributed by atoms with Crippen LogP contribution >= 0.6 is 11.3 Å². The first kappa shape index (κ1) is 14.1. The predicted molar refractivity (Wildman–Crippen MR) is 77.5 cm³/mol. The van der Waals surface area contributed by atoms with Crippen LogP contribution in [-0.2, 0) is 9.63 Å². The lowest BCUT2D eigenvalue weighted by molar-refractivity contribution is -0.142. The van der Waals surface area contributed by atoms with E-state index in [0.29, 0.717) is 12.1 Å². The molecule has 2 rings (SSSR count). The molecule has 0 aliphatic carbocycles. The van der Waals surface area contributed by atoms with Crippen LogP contribution in [0.25, 0.3) is 0 Å². The van der Waals surface area contributed by atoms with Gasteiger partial charge < -0.3 is 9.74 Å². The van der Waals surface area contributed by atoms with Gasteiger partial charge in [0, 0.05) is 17.0 Å². The van der Waals surface area contributed by atoms with E-state index in [1.807, 2.05) is 22.4 Å². The molecule has 0 N–H and O–H groups in total. The summed E-state index contributed by atoms with van der Waals surface area (Å²) in [6.45, 7) is 4.22. The Morgan fingerprint density at radius 1 is 1.53 bits per heavy atom. The van der Waals surface area contributed by atoms with E-state index in [2.05, 4.69) is 19.0 Å². The molecule has 1 aromatic heterocycles. The molecule has 0 aromatic carbocycles. The van der Waals surface area contributed by atoms with Crippen LogP contribution in [0.15, 0.2) is 22.7 Å². The normalized spacial score (nSPS) is 23.8. The second-order valence-electron chi connectivity index (χ2n) is 4.95. The van der Waals surface area contributed by atoms with Crippen molar-refractivity contribution in [3.05, 3.63) is 22.4 Å². The van der Waals surface area contributed by atoms with Crippen molar-refractivity contribution in [1.82, 2.24) is 4.90 Å². The Labute approximate surface area is 118 Å². The van der Waals surface area contributed by atoms with Crippen LogP contribution in [0.2, 0.25) is 0 Å². The van der Waals surface area contributed by atoms with E-state index in [4.69, 9.17) is 4.84 Å². The Morgan fingerprint density at radius 2 is 2.26 bits per heavy atom. The zero-order valence-corrected chi connectivity index (χ0v) is 12.2. The van der Waals surface area contributed by atoms with Crippen molar-refractivity contribution >= 4 is 23.5 Å². The lowest BCUT2D eigenvalue weighted by atomic mass is 9.97. The first-order valence-corrected chi connectivity index (χ1v) is 7.56. The maximum atomic E-state index is 12.1. The molecule has 19 heavy (non-hydrogen) atoms. The summed E-state index contributed by atoms with van der Waals surface area (Å²) in [6.07, 6.45) is 4.99. The summed E-state index contributed by atoms with van der Waals surface area (Å²) in [6, 6.07) is 4.52. The van der Waals surface area contributed by atoms with Crippen molar-refractivity contribution < 1.29 is 9.63 Å². The van der Waals surface area contributed by atoms with Crippen molar-refractivity contribution in [3.8, 4) is 0 Å². The van der Waals surface area contributed by atoms with Crippen LogP contribution in [0.4, 0.5) is 0 Å². The molecule has 0 spiro atoms. The second kappa shape index (κ2) is 6.70. The van der Waals surface area contributed by atoms with Gasteiger partial charge in [0.05, 0.1) is 6.21 Å². The van der Waals surface area contributed by atoms with Gasteiger partial charge in [-0.3, -0.25) is 4.79 Å². The third-order valence-electron chi connectivity index (χ3n) is 3.47. The minimum absolute atomic E-state index is 0.0244. The smallest absolute Gasteiger partial charge is 0.263 e. The maximum Gasteiger partial charge on any atom is 0.263 e. The number of piperidine rings is 1. The molecular weight excluding hydrogens is 260 g/mol. The van der Waals surface area contributed by atoms with Crippen molar-refractivity contribution in [1.29, 1.82) is 0 Å². The van der Waals surface area contributed by atoms with Crippen molar-refractivity contribution in [2.45, 2.75) is 45.2 Å². The number of carbonyl (C=O) groups is 1. The van der Waals surface area contributed by atoms with E-state index in [1.54, 1.807) is 17.6 Å². The van der Waals surface area contributed by atoms with Gasteiger partial charge in [0.25, 0.3) is 5.91 Å². The van der Waals surface area contributed by atoms with Crippen LogP contribution < -0.4 is 0 Å².